The number of hydrogen-bond acceptors (Lipinski definition) is 4. The monoisotopic (exact) mass is 287 g/mol. The number of nitrogens with zero attached hydrogens (tertiary/aromatic N) is 1. The fraction of sp³-hybridized carbons (Fsp3) is 0.300. The second-order valence-corrected chi connectivity index (χ2v) is 3.90. The van der Waals surface area contributed by atoms with Crippen molar-refractivity contribution in [1.82, 2.24) is 0 Å². The summed E-state index contributed by atoms with van der Waals surface area (Å²) in [5.74, 6) is -0.0811. The molecule has 0 saturated heterocycles. The second-order valence-electron chi connectivity index (χ2n) is 3.05. The number of carbonyl (C=O) groups excluding carboxylic acids is 1. The Kier molecular flexibility index (Phi) is 4.00. The molecule has 0 atom stereocenters. The summed E-state index contributed by atoms with van der Waals surface area (Å²) in [4.78, 5) is 21.4. The van der Waals surface area contributed by atoms with Crippen LogP contribution in [0.5, 0.6) is 5.75 Å². The number of benzene rings is 1. The third-order valence-electron chi connectivity index (χ3n) is 1.92. The van der Waals surface area contributed by atoms with Crippen LogP contribution in [-0.4, -0.2) is 17.3 Å². The van der Waals surface area contributed by atoms with Crippen molar-refractivity contribution < 1.29 is 14.5 Å². The van der Waals surface area contributed by atoms with E-state index in [2.05, 4.69) is 15.9 Å². The van der Waals surface area contributed by atoms with E-state index in [4.69, 9.17) is 4.74 Å². The van der Waals surface area contributed by atoms with E-state index >= 15 is 0 Å². The van der Waals surface area contributed by atoms with Gasteiger partial charge in [0.1, 0.15) is 0 Å². The van der Waals surface area contributed by atoms with Gasteiger partial charge in [-0.2, -0.15) is 0 Å². The molecule has 0 N–H and O–H groups in total. The molecule has 0 heterocycles. The van der Waals surface area contributed by atoms with E-state index in [9.17, 15) is 14.9 Å². The van der Waals surface area contributed by atoms with E-state index in [1.807, 2.05) is 0 Å². The zero-order valence-electron chi connectivity index (χ0n) is 8.82. The minimum atomic E-state index is -0.566. The molecule has 0 radical (unpaired) electrons. The highest BCUT2D eigenvalue weighted by molar-refractivity contribution is 9.10. The number of carbonyl (C=O) groups is 1. The molecule has 0 amide bonds. The van der Waals surface area contributed by atoms with Crippen LogP contribution < -0.4 is 4.74 Å². The zero-order chi connectivity index (χ0) is 12.3. The summed E-state index contributed by atoms with van der Waals surface area (Å²) in [5, 5.41) is 10.8. The van der Waals surface area contributed by atoms with Crippen LogP contribution in [-0.2, 0) is 0 Å². The van der Waals surface area contributed by atoms with Gasteiger partial charge in [-0.15, -0.1) is 0 Å². The minimum Gasteiger partial charge on any atom is -0.487 e. The van der Waals surface area contributed by atoms with Gasteiger partial charge in [0.25, 0.3) is 0 Å². The highest BCUT2D eigenvalue weighted by Gasteiger charge is 2.20. The molecule has 16 heavy (non-hydrogen) atoms. The lowest BCUT2D eigenvalue weighted by Gasteiger charge is -2.07. The van der Waals surface area contributed by atoms with Gasteiger partial charge in [0, 0.05) is 22.2 Å². The summed E-state index contributed by atoms with van der Waals surface area (Å²) in [5.41, 5.74) is 0.0744. The van der Waals surface area contributed by atoms with Crippen LogP contribution in [0.4, 0.5) is 5.69 Å². The van der Waals surface area contributed by atoms with E-state index in [0.717, 1.165) is 0 Å². The molecule has 6 heteroatoms. The molecule has 0 aliphatic carbocycles. The van der Waals surface area contributed by atoms with Crippen molar-refractivity contribution in [3.63, 3.8) is 0 Å². The number of hydrogen-bond donors (Lipinski definition) is 0. The third-order valence-corrected chi connectivity index (χ3v) is 2.58. The fourth-order valence-corrected chi connectivity index (χ4v) is 1.83. The molecule has 0 bridgehead atoms. The van der Waals surface area contributed by atoms with Crippen molar-refractivity contribution in [2.75, 3.05) is 6.61 Å². The number of nitro groups is 1. The Bertz CT molecular complexity index is 445. The number of nitro benzene ring substituents is 1. The summed E-state index contributed by atoms with van der Waals surface area (Å²) in [6, 6.07) is 2.66. The first kappa shape index (κ1) is 12.6. The lowest BCUT2D eigenvalue weighted by Crippen LogP contribution is -2.01. The Morgan fingerprint density at radius 2 is 2.19 bits per heavy atom. The first-order chi connectivity index (χ1) is 7.47. The quantitative estimate of drug-likeness (QED) is 0.485. The van der Waals surface area contributed by atoms with Crippen LogP contribution in [0.15, 0.2) is 16.6 Å². The summed E-state index contributed by atoms with van der Waals surface area (Å²) < 4.78 is 5.63. The molecule has 1 aromatic carbocycles. The first-order valence-corrected chi connectivity index (χ1v) is 5.38. The number of ketones is 1. The summed E-state index contributed by atoms with van der Waals surface area (Å²) >= 11 is 3.18. The van der Waals surface area contributed by atoms with Crippen molar-refractivity contribution in [2.45, 2.75) is 13.8 Å². The summed E-state index contributed by atoms with van der Waals surface area (Å²) in [7, 11) is 0. The SMILES string of the molecule is CCOc1cc(Br)c(C(C)=O)cc1[N+](=O)[O-]. The standard InChI is InChI=1S/C10H10BrNO4/c1-3-16-10-5-8(11)7(6(2)13)4-9(10)12(14)15/h4-5H,3H2,1-2H3. The van der Waals surface area contributed by atoms with Gasteiger partial charge in [-0.05, 0) is 29.8 Å². The Hall–Kier alpha value is -1.43. The van der Waals surface area contributed by atoms with Crippen LogP contribution >= 0.6 is 15.9 Å². The second kappa shape index (κ2) is 5.07. The largest absolute Gasteiger partial charge is 0.487 e. The smallest absolute Gasteiger partial charge is 0.311 e. The highest BCUT2D eigenvalue weighted by atomic mass is 79.9. The normalized spacial score (nSPS) is 9.94. The molecule has 86 valence electrons. The minimum absolute atomic E-state index is 0.157. The van der Waals surface area contributed by atoms with Gasteiger partial charge >= 0.3 is 5.69 Å². The number of Topliss-reactive ketones (excluding diaryl/α,β-unsaturated/α-hetero) is 1. The average molecular weight is 288 g/mol. The molecule has 0 spiro atoms. The van der Waals surface area contributed by atoms with E-state index in [0.29, 0.717) is 11.1 Å². The molecule has 0 saturated carbocycles. The number of ether oxygens (including phenoxy) is 1. The summed E-state index contributed by atoms with van der Waals surface area (Å²) in [6.07, 6.45) is 0. The highest BCUT2D eigenvalue weighted by Crippen LogP contribution is 2.33. The van der Waals surface area contributed by atoms with E-state index in [1.165, 1.54) is 19.1 Å². The van der Waals surface area contributed by atoms with Gasteiger partial charge in [0.15, 0.2) is 11.5 Å². The van der Waals surface area contributed by atoms with Crippen LogP contribution in [0.1, 0.15) is 24.2 Å². The molecule has 0 aliphatic rings. The fourth-order valence-electron chi connectivity index (χ4n) is 1.23. The van der Waals surface area contributed by atoms with Gasteiger partial charge in [0.05, 0.1) is 11.5 Å². The van der Waals surface area contributed by atoms with Gasteiger partial charge in [0.2, 0.25) is 0 Å². The molecular formula is C10H10BrNO4. The van der Waals surface area contributed by atoms with E-state index < -0.39 is 4.92 Å². The maximum atomic E-state index is 11.2. The van der Waals surface area contributed by atoms with E-state index in [1.54, 1.807) is 6.92 Å². The van der Waals surface area contributed by atoms with Gasteiger partial charge in [-0.3, -0.25) is 14.9 Å². The number of halogens is 1. The predicted octanol–water partition coefficient (Wildman–Crippen LogP) is 2.96. The van der Waals surface area contributed by atoms with Crippen molar-refractivity contribution >= 4 is 27.4 Å². The Labute approximate surface area is 101 Å². The molecule has 0 aromatic heterocycles. The third kappa shape index (κ3) is 2.57. The zero-order valence-corrected chi connectivity index (χ0v) is 10.4. The number of rotatable bonds is 4. The Morgan fingerprint density at radius 3 is 2.62 bits per heavy atom. The Balaban J connectivity index is 3.36. The van der Waals surface area contributed by atoms with Crippen molar-refractivity contribution in [3.8, 4) is 5.75 Å². The lowest BCUT2D eigenvalue weighted by molar-refractivity contribution is -0.385. The molecule has 0 unspecified atom stereocenters. The lowest BCUT2D eigenvalue weighted by atomic mass is 10.1. The Morgan fingerprint density at radius 1 is 1.56 bits per heavy atom. The topological polar surface area (TPSA) is 69.4 Å². The summed E-state index contributed by atoms with van der Waals surface area (Å²) in [6.45, 7) is 3.41. The average Bonchev–Trinajstić information content (AvgIpc) is 2.17. The molecule has 1 aromatic rings. The van der Waals surface area contributed by atoms with Crippen molar-refractivity contribution in [3.05, 3.63) is 32.3 Å². The first-order valence-electron chi connectivity index (χ1n) is 4.59. The van der Waals surface area contributed by atoms with Crippen molar-refractivity contribution in [2.24, 2.45) is 0 Å². The van der Waals surface area contributed by atoms with Gasteiger partial charge in [-0.1, -0.05) is 0 Å². The molecule has 0 aliphatic heterocycles. The predicted molar refractivity (Wildman–Crippen MR) is 62.0 cm³/mol. The van der Waals surface area contributed by atoms with Crippen LogP contribution in [0.25, 0.3) is 0 Å². The maximum Gasteiger partial charge on any atom is 0.311 e. The molecule has 0 fully saturated rings. The van der Waals surface area contributed by atoms with Gasteiger partial charge in [-0.25, -0.2) is 0 Å². The van der Waals surface area contributed by atoms with E-state index in [-0.39, 0.29) is 22.8 Å². The molecule has 5 nitrogen and oxygen atoms in total. The molecule has 1 rings (SSSR count). The van der Waals surface area contributed by atoms with Crippen LogP contribution in [0.2, 0.25) is 0 Å². The molecular weight excluding hydrogens is 278 g/mol. The maximum absolute atomic E-state index is 11.2. The van der Waals surface area contributed by atoms with Crippen molar-refractivity contribution in [1.29, 1.82) is 0 Å². The van der Waals surface area contributed by atoms with Gasteiger partial charge < -0.3 is 4.74 Å². The van der Waals surface area contributed by atoms with Crippen LogP contribution in [0, 0.1) is 10.1 Å². The van der Waals surface area contributed by atoms with Crippen LogP contribution in [0.3, 0.4) is 0 Å².